The Morgan fingerprint density at radius 3 is 2.56 bits per heavy atom. The molecule has 4 atom stereocenters. The molecule has 0 aliphatic heterocycles. The molecule has 3 heteroatoms. The van der Waals surface area contributed by atoms with Crippen LogP contribution in [0.15, 0.2) is 30.3 Å². The van der Waals surface area contributed by atoms with Crippen molar-refractivity contribution in [3.63, 3.8) is 0 Å². The standard InChI is InChI=1S/C29H39FO2/c1-3-4-5-6-7-8-20-9-10-22-18-23(12-11-21(22)17-20)26-15-13-24-19-25(29(31)32-2)14-16-27(24)28(26)30/h13-16,19-23H,3-12,17-18H2,1-2H3. The number of esters is 1. The molecule has 0 heterocycles. The maximum Gasteiger partial charge on any atom is 0.337 e. The largest absolute Gasteiger partial charge is 0.465 e. The van der Waals surface area contributed by atoms with Crippen molar-refractivity contribution in [3.8, 4) is 0 Å². The first kappa shape index (κ1) is 23.3. The Morgan fingerprint density at radius 2 is 1.75 bits per heavy atom. The molecule has 2 aliphatic carbocycles. The predicted octanol–water partition coefficient (Wildman–Crippen LogP) is 8.43. The van der Waals surface area contributed by atoms with Crippen LogP contribution in [-0.4, -0.2) is 13.1 Å². The molecular formula is C29H39FO2. The number of carbonyl (C=O) groups excluding carboxylic acids is 1. The molecule has 0 bridgehead atoms. The number of methoxy groups -OCH3 is 1. The Bertz CT molecular complexity index is 921. The van der Waals surface area contributed by atoms with Crippen LogP contribution in [0.4, 0.5) is 4.39 Å². The highest BCUT2D eigenvalue weighted by Crippen LogP contribution is 2.49. The predicted molar refractivity (Wildman–Crippen MR) is 130 cm³/mol. The molecule has 0 aromatic heterocycles. The highest BCUT2D eigenvalue weighted by Gasteiger charge is 2.36. The Morgan fingerprint density at radius 1 is 0.969 bits per heavy atom. The van der Waals surface area contributed by atoms with Gasteiger partial charge in [0.15, 0.2) is 0 Å². The van der Waals surface area contributed by atoms with Gasteiger partial charge in [0.1, 0.15) is 5.82 Å². The molecule has 0 spiro atoms. The summed E-state index contributed by atoms with van der Waals surface area (Å²) in [6.07, 6.45) is 15.9. The summed E-state index contributed by atoms with van der Waals surface area (Å²) in [6.45, 7) is 2.28. The van der Waals surface area contributed by atoms with Gasteiger partial charge in [0, 0.05) is 5.39 Å². The summed E-state index contributed by atoms with van der Waals surface area (Å²) in [5.74, 6) is 2.39. The summed E-state index contributed by atoms with van der Waals surface area (Å²) in [5, 5.41) is 1.38. The van der Waals surface area contributed by atoms with Crippen molar-refractivity contribution in [1.82, 2.24) is 0 Å². The van der Waals surface area contributed by atoms with E-state index >= 15 is 4.39 Å². The second-order valence-corrected chi connectivity index (χ2v) is 10.3. The van der Waals surface area contributed by atoms with Crippen molar-refractivity contribution in [2.24, 2.45) is 17.8 Å². The molecule has 0 radical (unpaired) electrons. The minimum Gasteiger partial charge on any atom is -0.465 e. The van der Waals surface area contributed by atoms with Crippen LogP contribution in [0.3, 0.4) is 0 Å². The minimum atomic E-state index is -0.383. The van der Waals surface area contributed by atoms with Crippen LogP contribution in [0.25, 0.3) is 10.8 Å². The topological polar surface area (TPSA) is 26.3 Å². The van der Waals surface area contributed by atoms with Crippen LogP contribution in [0, 0.1) is 23.6 Å². The number of unbranched alkanes of at least 4 members (excludes halogenated alkanes) is 4. The number of fused-ring (bicyclic) bond motifs is 2. The number of halogens is 1. The first-order valence-electron chi connectivity index (χ1n) is 12.9. The van der Waals surface area contributed by atoms with Gasteiger partial charge in [0.05, 0.1) is 12.7 Å². The van der Waals surface area contributed by atoms with Gasteiger partial charge in [0.25, 0.3) is 0 Å². The van der Waals surface area contributed by atoms with Crippen molar-refractivity contribution in [1.29, 1.82) is 0 Å². The lowest BCUT2D eigenvalue weighted by molar-refractivity contribution is 0.0601. The van der Waals surface area contributed by atoms with Crippen molar-refractivity contribution < 1.29 is 13.9 Å². The average Bonchev–Trinajstić information content (AvgIpc) is 2.83. The molecule has 4 rings (SSSR count). The van der Waals surface area contributed by atoms with Crippen molar-refractivity contribution in [3.05, 3.63) is 47.3 Å². The lowest BCUT2D eigenvalue weighted by atomic mass is 9.63. The van der Waals surface area contributed by atoms with E-state index < -0.39 is 0 Å². The number of ether oxygens (including phenoxy) is 1. The minimum absolute atomic E-state index is 0.0943. The highest BCUT2D eigenvalue weighted by molar-refractivity contribution is 5.95. The summed E-state index contributed by atoms with van der Waals surface area (Å²) in [6, 6.07) is 9.07. The SMILES string of the molecule is CCCCCCCC1CCC2CC(c3ccc4cc(C(=O)OC)ccc4c3F)CCC2C1. The first-order valence-corrected chi connectivity index (χ1v) is 12.9. The number of hydrogen-bond donors (Lipinski definition) is 0. The van der Waals surface area contributed by atoms with Gasteiger partial charge in [-0.05, 0) is 78.9 Å². The van der Waals surface area contributed by atoms with Crippen LogP contribution >= 0.6 is 0 Å². The Balaban J connectivity index is 1.37. The number of carbonyl (C=O) groups is 1. The van der Waals surface area contributed by atoms with E-state index in [-0.39, 0.29) is 11.8 Å². The third-order valence-corrected chi connectivity index (χ3v) is 8.28. The second kappa shape index (κ2) is 10.8. The first-order chi connectivity index (χ1) is 15.6. The highest BCUT2D eigenvalue weighted by atomic mass is 19.1. The van der Waals surface area contributed by atoms with E-state index in [1.807, 2.05) is 12.1 Å². The molecule has 2 aromatic rings. The number of benzene rings is 2. The Labute approximate surface area is 192 Å². The molecule has 2 nitrogen and oxygen atoms in total. The third-order valence-electron chi connectivity index (χ3n) is 8.28. The Kier molecular flexibility index (Phi) is 7.86. The van der Waals surface area contributed by atoms with E-state index in [4.69, 9.17) is 4.74 Å². The third kappa shape index (κ3) is 5.18. The summed E-state index contributed by atoms with van der Waals surface area (Å²) in [4.78, 5) is 11.8. The van der Waals surface area contributed by atoms with E-state index in [0.717, 1.165) is 41.5 Å². The van der Waals surface area contributed by atoms with Crippen molar-refractivity contribution >= 4 is 16.7 Å². The molecule has 2 fully saturated rings. The zero-order chi connectivity index (χ0) is 22.5. The maximum atomic E-state index is 15.5. The molecule has 0 N–H and O–H groups in total. The van der Waals surface area contributed by atoms with Gasteiger partial charge in [-0.3, -0.25) is 0 Å². The monoisotopic (exact) mass is 438 g/mol. The van der Waals surface area contributed by atoms with Crippen LogP contribution < -0.4 is 0 Å². The fourth-order valence-corrected chi connectivity index (χ4v) is 6.44. The van der Waals surface area contributed by atoms with Gasteiger partial charge >= 0.3 is 5.97 Å². The van der Waals surface area contributed by atoms with Crippen LogP contribution in [-0.2, 0) is 4.74 Å². The van der Waals surface area contributed by atoms with Gasteiger partial charge in [-0.2, -0.15) is 0 Å². The van der Waals surface area contributed by atoms with E-state index in [1.165, 1.54) is 71.3 Å². The quantitative estimate of drug-likeness (QED) is 0.305. The molecule has 174 valence electrons. The maximum absolute atomic E-state index is 15.5. The lowest BCUT2D eigenvalue weighted by Gasteiger charge is -2.42. The van der Waals surface area contributed by atoms with Gasteiger partial charge in [-0.25, -0.2) is 9.18 Å². The van der Waals surface area contributed by atoms with E-state index in [1.54, 1.807) is 18.2 Å². The summed E-state index contributed by atoms with van der Waals surface area (Å²) in [7, 11) is 1.37. The van der Waals surface area contributed by atoms with E-state index in [2.05, 4.69) is 6.92 Å². The Hall–Kier alpha value is -1.90. The zero-order valence-electron chi connectivity index (χ0n) is 19.9. The van der Waals surface area contributed by atoms with Gasteiger partial charge in [0.2, 0.25) is 0 Å². The number of rotatable bonds is 8. The smallest absolute Gasteiger partial charge is 0.337 e. The summed E-state index contributed by atoms with van der Waals surface area (Å²) in [5.41, 5.74) is 1.34. The molecular weight excluding hydrogens is 399 g/mol. The molecule has 4 unspecified atom stereocenters. The van der Waals surface area contributed by atoms with Crippen molar-refractivity contribution in [2.75, 3.05) is 7.11 Å². The molecule has 2 aromatic carbocycles. The van der Waals surface area contributed by atoms with E-state index in [0.29, 0.717) is 16.9 Å². The molecule has 2 saturated carbocycles. The summed E-state index contributed by atoms with van der Waals surface area (Å²) >= 11 is 0. The van der Waals surface area contributed by atoms with Crippen LogP contribution in [0.1, 0.15) is 106 Å². The molecule has 2 aliphatic rings. The fourth-order valence-electron chi connectivity index (χ4n) is 6.44. The van der Waals surface area contributed by atoms with Gasteiger partial charge in [-0.1, -0.05) is 70.1 Å². The normalized spacial score (nSPS) is 25.5. The molecule has 0 saturated heterocycles. The number of hydrogen-bond acceptors (Lipinski definition) is 2. The second-order valence-electron chi connectivity index (χ2n) is 10.3. The molecule has 0 amide bonds. The van der Waals surface area contributed by atoms with E-state index in [9.17, 15) is 4.79 Å². The summed E-state index contributed by atoms with van der Waals surface area (Å²) < 4.78 is 20.3. The van der Waals surface area contributed by atoms with Crippen LogP contribution in [0.2, 0.25) is 0 Å². The van der Waals surface area contributed by atoms with Crippen molar-refractivity contribution in [2.45, 2.75) is 89.9 Å². The van der Waals surface area contributed by atoms with Gasteiger partial charge in [-0.15, -0.1) is 0 Å². The fraction of sp³-hybridized carbons (Fsp3) is 0.621. The lowest BCUT2D eigenvalue weighted by Crippen LogP contribution is -2.30. The van der Waals surface area contributed by atoms with Crippen LogP contribution in [0.5, 0.6) is 0 Å². The zero-order valence-corrected chi connectivity index (χ0v) is 19.9. The average molecular weight is 439 g/mol. The molecule has 32 heavy (non-hydrogen) atoms. The van der Waals surface area contributed by atoms with Gasteiger partial charge < -0.3 is 4.74 Å².